The fourth-order valence-electron chi connectivity index (χ4n) is 2.42. The molecule has 0 N–H and O–H groups in total. The predicted molar refractivity (Wildman–Crippen MR) is 67.8 cm³/mol. The SMILES string of the molecule is COC(=O)c1cccc(C2(C(C)(C)C)[CH]C2)c1. The van der Waals surface area contributed by atoms with Crippen LogP contribution < -0.4 is 0 Å². The molecule has 0 aliphatic heterocycles. The third kappa shape index (κ3) is 1.97. The topological polar surface area (TPSA) is 26.3 Å². The highest BCUT2D eigenvalue weighted by atomic mass is 16.5. The van der Waals surface area contributed by atoms with Crippen molar-refractivity contribution in [2.24, 2.45) is 5.41 Å². The molecular formula is C15H19O2. The first kappa shape index (κ1) is 12.2. The lowest BCUT2D eigenvalue weighted by molar-refractivity contribution is 0.0600. The second-order valence-corrected chi connectivity index (χ2v) is 5.70. The first-order valence-corrected chi connectivity index (χ1v) is 5.94. The maximum Gasteiger partial charge on any atom is 0.337 e. The minimum atomic E-state index is -0.267. The molecule has 1 aromatic rings. The van der Waals surface area contributed by atoms with Gasteiger partial charge in [0.1, 0.15) is 0 Å². The van der Waals surface area contributed by atoms with Crippen molar-refractivity contribution in [2.75, 3.05) is 7.11 Å². The number of esters is 1. The third-order valence-corrected chi connectivity index (χ3v) is 3.75. The molecule has 1 saturated carbocycles. The zero-order chi connectivity index (χ0) is 12.7. The van der Waals surface area contributed by atoms with E-state index < -0.39 is 0 Å². The number of hydrogen-bond donors (Lipinski definition) is 0. The first-order valence-electron chi connectivity index (χ1n) is 5.94. The highest BCUT2D eigenvalue weighted by molar-refractivity contribution is 5.89. The summed E-state index contributed by atoms with van der Waals surface area (Å²) in [5.74, 6) is -0.267. The molecule has 2 heteroatoms. The molecule has 1 aromatic carbocycles. The lowest BCUT2D eigenvalue weighted by Crippen LogP contribution is -2.26. The van der Waals surface area contributed by atoms with Crippen LogP contribution in [0.15, 0.2) is 24.3 Å². The van der Waals surface area contributed by atoms with Crippen molar-refractivity contribution in [3.8, 4) is 0 Å². The van der Waals surface area contributed by atoms with Crippen LogP contribution in [0.3, 0.4) is 0 Å². The minimum absolute atomic E-state index is 0.122. The second kappa shape index (κ2) is 3.86. The fraction of sp³-hybridized carbons (Fsp3) is 0.467. The van der Waals surface area contributed by atoms with Crippen molar-refractivity contribution in [1.29, 1.82) is 0 Å². The van der Waals surface area contributed by atoms with Crippen molar-refractivity contribution in [1.82, 2.24) is 0 Å². The van der Waals surface area contributed by atoms with E-state index in [4.69, 9.17) is 4.74 Å². The summed E-state index contributed by atoms with van der Waals surface area (Å²) in [5, 5.41) is 0. The number of benzene rings is 1. The van der Waals surface area contributed by atoms with Crippen LogP contribution in [0, 0.1) is 11.8 Å². The Labute approximate surface area is 103 Å². The molecule has 0 aromatic heterocycles. The van der Waals surface area contributed by atoms with Crippen LogP contribution in [0.5, 0.6) is 0 Å². The molecule has 0 spiro atoms. The summed E-state index contributed by atoms with van der Waals surface area (Å²) < 4.78 is 4.76. The zero-order valence-corrected chi connectivity index (χ0v) is 10.9. The molecular weight excluding hydrogens is 212 g/mol. The Balaban J connectivity index is 2.38. The lowest BCUT2D eigenvalue weighted by atomic mass is 9.73. The van der Waals surface area contributed by atoms with Gasteiger partial charge in [0.25, 0.3) is 0 Å². The quantitative estimate of drug-likeness (QED) is 0.729. The molecule has 1 radical (unpaired) electrons. The van der Waals surface area contributed by atoms with Crippen LogP contribution in [0.2, 0.25) is 0 Å². The Bertz CT molecular complexity index is 436. The Morgan fingerprint density at radius 3 is 2.47 bits per heavy atom. The van der Waals surface area contributed by atoms with Gasteiger partial charge in [0.05, 0.1) is 12.7 Å². The number of ether oxygens (including phenoxy) is 1. The average molecular weight is 231 g/mol. The molecule has 17 heavy (non-hydrogen) atoms. The van der Waals surface area contributed by atoms with Crippen LogP contribution in [0.1, 0.15) is 43.1 Å². The fourth-order valence-corrected chi connectivity index (χ4v) is 2.42. The van der Waals surface area contributed by atoms with Gasteiger partial charge in [-0.3, -0.25) is 0 Å². The average Bonchev–Trinajstić information content (AvgIpc) is 3.08. The van der Waals surface area contributed by atoms with Crippen LogP contribution in [-0.2, 0) is 10.2 Å². The number of carbonyl (C=O) groups is 1. The smallest absolute Gasteiger partial charge is 0.337 e. The summed E-state index contributed by atoms with van der Waals surface area (Å²) in [5.41, 5.74) is 2.15. The van der Waals surface area contributed by atoms with Crippen LogP contribution in [0.4, 0.5) is 0 Å². The van der Waals surface area contributed by atoms with E-state index >= 15 is 0 Å². The molecule has 0 bridgehead atoms. The van der Waals surface area contributed by atoms with Gasteiger partial charge < -0.3 is 4.74 Å². The number of methoxy groups -OCH3 is 1. The van der Waals surface area contributed by atoms with Crippen LogP contribution in [0.25, 0.3) is 0 Å². The van der Waals surface area contributed by atoms with Gasteiger partial charge in [-0.05, 0) is 36.0 Å². The highest BCUT2D eigenvalue weighted by Gasteiger charge is 2.53. The Hall–Kier alpha value is -1.31. The van der Waals surface area contributed by atoms with Crippen molar-refractivity contribution in [2.45, 2.75) is 32.6 Å². The Morgan fingerprint density at radius 2 is 2.00 bits per heavy atom. The van der Waals surface area contributed by atoms with Gasteiger partial charge in [-0.2, -0.15) is 0 Å². The van der Waals surface area contributed by atoms with Crippen molar-refractivity contribution in [3.05, 3.63) is 41.8 Å². The molecule has 91 valence electrons. The number of hydrogen-bond acceptors (Lipinski definition) is 2. The molecule has 2 nitrogen and oxygen atoms in total. The van der Waals surface area contributed by atoms with E-state index in [0.29, 0.717) is 5.56 Å². The summed E-state index contributed by atoms with van der Waals surface area (Å²) in [4.78, 5) is 11.5. The summed E-state index contributed by atoms with van der Waals surface area (Å²) in [6, 6.07) is 7.79. The number of rotatable bonds is 2. The molecule has 1 aliphatic carbocycles. The van der Waals surface area contributed by atoms with Crippen LogP contribution >= 0.6 is 0 Å². The first-order chi connectivity index (χ1) is 7.90. The maximum absolute atomic E-state index is 11.5. The van der Waals surface area contributed by atoms with E-state index in [1.54, 1.807) is 6.07 Å². The van der Waals surface area contributed by atoms with E-state index in [1.165, 1.54) is 12.7 Å². The van der Waals surface area contributed by atoms with Gasteiger partial charge in [0.2, 0.25) is 0 Å². The zero-order valence-electron chi connectivity index (χ0n) is 10.9. The summed E-state index contributed by atoms with van der Waals surface area (Å²) >= 11 is 0. The summed E-state index contributed by atoms with van der Waals surface area (Å²) in [7, 11) is 1.41. The van der Waals surface area contributed by atoms with Crippen LogP contribution in [-0.4, -0.2) is 13.1 Å². The molecule has 1 atom stereocenters. The van der Waals surface area contributed by atoms with Crippen molar-refractivity contribution < 1.29 is 9.53 Å². The normalized spacial score (nSPS) is 17.6. The number of carbonyl (C=O) groups excluding carboxylic acids is 1. The van der Waals surface area contributed by atoms with Gasteiger partial charge in [-0.15, -0.1) is 0 Å². The van der Waals surface area contributed by atoms with Gasteiger partial charge in [-0.25, -0.2) is 4.79 Å². The predicted octanol–water partition coefficient (Wildman–Crippen LogP) is 3.37. The van der Waals surface area contributed by atoms with Gasteiger partial charge in [0, 0.05) is 5.41 Å². The Morgan fingerprint density at radius 1 is 1.35 bits per heavy atom. The molecule has 1 aliphatic rings. The van der Waals surface area contributed by atoms with Gasteiger partial charge in [0.15, 0.2) is 0 Å². The molecule has 0 amide bonds. The van der Waals surface area contributed by atoms with E-state index in [2.05, 4.69) is 33.3 Å². The molecule has 2 rings (SSSR count). The standard InChI is InChI=1S/C15H19O2/c1-14(2,3)15(8-9-15)12-7-5-6-11(10-12)13(16)17-4/h5-8,10H,9H2,1-4H3. The van der Waals surface area contributed by atoms with Gasteiger partial charge >= 0.3 is 5.97 Å². The van der Waals surface area contributed by atoms with Crippen molar-refractivity contribution in [3.63, 3.8) is 0 Å². The molecule has 1 unspecified atom stereocenters. The highest BCUT2D eigenvalue weighted by Crippen LogP contribution is 2.58. The largest absolute Gasteiger partial charge is 0.465 e. The monoisotopic (exact) mass is 231 g/mol. The Kier molecular flexibility index (Phi) is 2.76. The lowest BCUT2D eigenvalue weighted by Gasteiger charge is -2.31. The molecule has 1 fully saturated rings. The summed E-state index contributed by atoms with van der Waals surface area (Å²) in [6.07, 6.45) is 3.41. The molecule has 0 saturated heterocycles. The summed E-state index contributed by atoms with van der Waals surface area (Å²) in [6.45, 7) is 6.71. The minimum Gasteiger partial charge on any atom is -0.465 e. The maximum atomic E-state index is 11.5. The van der Waals surface area contributed by atoms with Gasteiger partial charge in [-0.1, -0.05) is 32.9 Å². The third-order valence-electron chi connectivity index (χ3n) is 3.75. The van der Waals surface area contributed by atoms with E-state index in [9.17, 15) is 4.79 Å². The van der Waals surface area contributed by atoms with E-state index in [1.807, 2.05) is 12.1 Å². The second-order valence-electron chi connectivity index (χ2n) is 5.70. The van der Waals surface area contributed by atoms with E-state index in [-0.39, 0.29) is 16.8 Å². The van der Waals surface area contributed by atoms with Crippen molar-refractivity contribution >= 4 is 5.97 Å². The van der Waals surface area contributed by atoms with E-state index in [0.717, 1.165) is 6.42 Å². The molecule has 0 heterocycles.